The minimum Gasteiger partial charge on any atom is -0.396 e. The van der Waals surface area contributed by atoms with E-state index in [-0.39, 0.29) is 5.69 Å². The highest BCUT2D eigenvalue weighted by Crippen LogP contribution is 2.32. The highest BCUT2D eigenvalue weighted by Gasteiger charge is 2.13. The molecule has 16 heavy (non-hydrogen) atoms. The van der Waals surface area contributed by atoms with Crippen LogP contribution in [0, 0.1) is 12.7 Å². The molecule has 0 amide bonds. The van der Waals surface area contributed by atoms with Crippen LogP contribution >= 0.6 is 15.9 Å². The van der Waals surface area contributed by atoms with Crippen LogP contribution in [0.2, 0.25) is 0 Å². The Hall–Kier alpha value is -1.42. The standard InChI is InChI=1S/C12H10BrFN2/c1-7-8(10-4-2-3-5-16-10)6-9(13)11(14)12(7)15/h2-6H,15H2,1H3. The van der Waals surface area contributed by atoms with E-state index in [1.54, 1.807) is 19.2 Å². The molecule has 0 saturated heterocycles. The zero-order valence-electron chi connectivity index (χ0n) is 8.67. The van der Waals surface area contributed by atoms with Gasteiger partial charge in [0.2, 0.25) is 0 Å². The van der Waals surface area contributed by atoms with E-state index in [2.05, 4.69) is 20.9 Å². The van der Waals surface area contributed by atoms with Crippen LogP contribution in [-0.2, 0) is 0 Å². The quantitative estimate of drug-likeness (QED) is 0.812. The molecule has 2 aromatic rings. The Bertz CT molecular complexity index is 526. The Morgan fingerprint density at radius 1 is 1.38 bits per heavy atom. The minimum atomic E-state index is -0.419. The molecule has 0 aliphatic heterocycles. The average Bonchev–Trinajstić information content (AvgIpc) is 2.32. The number of halogens is 2. The Labute approximate surface area is 101 Å². The third kappa shape index (κ3) is 1.80. The van der Waals surface area contributed by atoms with Crippen molar-refractivity contribution in [1.82, 2.24) is 4.98 Å². The van der Waals surface area contributed by atoms with Crippen molar-refractivity contribution in [1.29, 1.82) is 0 Å². The summed E-state index contributed by atoms with van der Waals surface area (Å²) >= 11 is 3.15. The second-order valence-corrected chi connectivity index (χ2v) is 4.33. The molecule has 0 spiro atoms. The first kappa shape index (κ1) is 11.1. The topological polar surface area (TPSA) is 38.9 Å². The van der Waals surface area contributed by atoms with Crippen LogP contribution in [0.1, 0.15) is 5.56 Å². The van der Waals surface area contributed by atoms with Crippen LogP contribution in [0.5, 0.6) is 0 Å². The van der Waals surface area contributed by atoms with Gasteiger partial charge in [0.1, 0.15) is 0 Å². The molecule has 0 fully saturated rings. The summed E-state index contributed by atoms with van der Waals surface area (Å²) < 4.78 is 13.9. The summed E-state index contributed by atoms with van der Waals surface area (Å²) in [5, 5.41) is 0. The van der Waals surface area contributed by atoms with E-state index in [0.717, 1.165) is 11.3 Å². The van der Waals surface area contributed by atoms with Crippen molar-refractivity contribution in [2.24, 2.45) is 0 Å². The van der Waals surface area contributed by atoms with Crippen molar-refractivity contribution < 1.29 is 4.39 Å². The van der Waals surface area contributed by atoms with Crippen LogP contribution < -0.4 is 5.73 Å². The first-order valence-electron chi connectivity index (χ1n) is 4.76. The molecule has 2 rings (SSSR count). The van der Waals surface area contributed by atoms with Crippen molar-refractivity contribution >= 4 is 21.6 Å². The smallest absolute Gasteiger partial charge is 0.160 e. The first-order valence-corrected chi connectivity index (χ1v) is 5.56. The zero-order chi connectivity index (χ0) is 11.7. The molecule has 0 radical (unpaired) electrons. The van der Waals surface area contributed by atoms with E-state index in [0.29, 0.717) is 10.0 Å². The van der Waals surface area contributed by atoms with Gasteiger partial charge in [0.15, 0.2) is 5.82 Å². The molecule has 4 heteroatoms. The van der Waals surface area contributed by atoms with Crippen LogP contribution in [-0.4, -0.2) is 4.98 Å². The molecule has 0 saturated carbocycles. The van der Waals surface area contributed by atoms with E-state index in [1.807, 2.05) is 18.2 Å². The normalized spacial score (nSPS) is 10.4. The zero-order valence-corrected chi connectivity index (χ0v) is 10.3. The number of nitrogens with two attached hydrogens (primary N) is 1. The summed E-state index contributed by atoms with van der Waals surface area (Å²) in [4.78, 5) is 4.22. The van der Waals surface area contributed by atoms with Gasteiger partial charge in [0, 0.05) is 11.8 Å². The summed E-state index contributed by atoms with van der Waals surface area (Å²) in [6, 6.07) is 7.28. The molecule has 0 aliphatic rings. The predicted octanol–water partition coefficient (Wildman–Crippen LogP) is 3.54. The van der Waals surface area contributed by atoms with Gasteiger partial charge < -0.3 is 5.73 Å². The van der Waals surface area contributed by atoms with Crippen LogP contribution in [0.3, 0.4) is 0 Å². The lowest BCUT2D eigenvalue weighted by Gasteiger charge is -2.10. The summed E-state index contributed by atoms with van der Waals surface area (Å²) in [5.74, 6) is -0.419. The fraction of sp³-hybridized carbons (Fsp3) is 0.0833. The first-order chi connectivity index (χ1) is 7.61. The molecular formula is C12H10BrFN2. The van der Waals surface area contributed by atoms with Gasteiger partial charge in [0.05, 0.1) is 15.9 Å². The van der Waals surface area contributed by atoms with E-state index in [1.165, 1.54) is 0 Å². The lowest BCUT2D eigenvalue weighted by atomic mass is 10.0. The Morgan fingerprint density at radius 3 is 2.75 bits per heavy atom. The molecule has 1 aromatic heterocycles. The number of hydrogen-bond donors (Lipinski definition) is 1. The molecule has 2 N–H and O–H groups in total. The Kier molecular flexibility index (Phi) is 2.92. The number of hydrogen-bond acceptors (Lipinski definition) is 2. The number of anilines is 1. The summed E-state index contributed by atoms with van der Waals surface area (Å²) in [6.45, 7) is 1.79. The highest BCUT2D eigenvalue weighted by atomic mass is 79.9. The van der Waals surface area contributed by atoms with Gasteiger partial charge in [-0.05, 0) is 46.6 Å². The van der Waals surface area contributed by atoms with Gasteiger partial charge in [-0.25, -0.2) is 4.39 Å². The second-order valence-electron chi connectivity index (χ2n) is 3.47. The van der Waals surface area contributed by atoms with E-state index in [4.69, 9.17) is 5.73 Å². The summed E-state index contributed by atoms with van der Waals surface area (Å²) in [5.41, 5.74) is 8.18. The van der Waals surface area contributed by atoms with Crippen molar-refractivity contribution in [3.05, 3.63) is 46.3 Å². The van der Waals surface area contributed by atoms with Crippen molar-refractivity contribution in [3.63, 3.8) is 0 Å². The number of aromatic nitrogens is 1. The van der Waals surface area contributed by atoms with Crippen LogP contribution in [0.4, 0.5) is 10.1 Å². The maximum atomic E-state index is 13.5. The minimum absolute atomic E-state index is 0.162. The number of pyridine rings is 1. The van der Waals surface area contributed by atoms with E-state index < -0.39 is 5.82 Å². The fourth-order valence-corrected chi connectivity index (χ4v) is 1.97. The van der Waals surface area contributed by atoms with Gasteiger partial charge in [0.25, 0.3) is 0 Å². The SMILES string of the molecule is Cc1c(-c2ccccn2)cc(Br)c(F)c1N. The summed E-state index contributed by atoms with van der Waals surface area (Å²) in [6.07, 6.45) is 1.70. The van der Waals surface area contributed by atoms with E-state index >= 15 is 0 Å². The van der Waals surface area contributed by atoms with Crippen molar-refractivity contribution in [2.75, 3.05) is 5.73 Å². The number of rotatable bonds is 1. The largest absolute Gasteiger partial charge is 0.396 e. The molecule has 0 bridgehead atoms. The van der Waals surface area contributed by atoms with Crippen molar-refractivity contribution in [3.8, 4) is 11.3 Å². The maximum Gasteiger partial charge on any atom is 0.160 e. The number of nitrogens with zero attached hydrogens (tertiary/aromatic N) is 1. The predicted molar refractivity (Wildman–Crippen MR) is 66.5 cm³/mol. The molecule has 0 unspecified atom stereocenters. The summed E-state index contributed by atoms with van der Waals surface area (Å²) in [7, 11) is 0. The maximum absolute atomic E-state index is 13.5. The lowest BCUT2D eigenvalue weighted by Crippen LogP contribution is -1.98. The van der Waals surface area contributed by atoms with Crippen molar-refractivity contribution in [2.45, 2.75) is 6.92 Å². The molecule has 0 atom stereocenters. The third-order valence-electron chi connectivity index (χ3n) is 2.47. The van der Waals surface area contributed by atoms with Gasteiger partial charge in [-0.1, -0.05) is 6.07 Å². The van der Waals surface area contributed by atoms with Gasteiger partial charge >= 0.3 is 0 Å². The fourth-order valence-electron chi connectivity index (χ4n) is 1.52. The third-order valence-corrected chi connectivity index (χ3v) is 3.04. The highest BCUT2D eigenvalue weighted by molar-refractivity contribution is 9.10. The Morgan fingerprint density at radius 2 is 2.12 bits per heavy atom. The number of nitrogen functional groups attached to an aromatic ring is 1. The van der Waals surface area contributed by atoms with E-state index in [9.17, 15) is 4.39 Å². The van der Waals surface area contributed by atoms with Gasteiger partial charge in [-0.15, -0.1) is 0 Å². The van der Waals surface area contributed by atoms with Crippen LogP contribution in [0.25, 0.3) is 11.3 Å². The van der Waals surface area contributed by atoms with Crippen LogP contribution in [0.15, 0.2) is 34.9 Å². The van der Waals surface area contributed by atoms with Gasteiger partial charge in [-0.2, -0.15) is 0 Å². The molecular weight excluding hydrogens is 271 g/mol. The molecule has 1 aromatic carbocycles. The molecule has 2 nitrogen and oxygen atoms in total. The molecule has 0 aliphatic carbocycles. The average molecular weight is 281 g/mol. The molecule has 1 heterocycles. The Balaban J connectivity index is 2.68. The molecule has 82 valence electrons. The lowest BCUT2D eigenvalue weighted by molar-refractivity contribution is 0.625. The van der Waals surface area contributed by atoms with Gasteiger partial charge in [-0.3, -0.25) is 4.98 Å². The second kappa shape index (κ2) is 4.22. The number of benzene rings is 1. The monoisotopic (exact) mass is 280 g/mol.